The molecule has 0 spiro atoms. The van der Waals surface area contributed by atoms with Crippen LogP contribution >= 0.6 is 0 Å². The van der Waals surface area contributed by atoms with Gasteiger partial charge in [0.1, 0.15) is 5.75 Å². The fraction of sp³-hybridized carbons (Fsp3) is 0.200. The van der Waals surface area contributed by atoms with E-state index < -0.39 is 0 Å². The number of nitrogens with one attached hydrogen (secondary N) is 2. The van der Waals surface area contributed by atoms with Crippen LogP contribution in [0.1, 0.15) is 18.0 Å². The van der Waals surface area contributed by atoms with E-state index >= 15 is 0 Å². The summed E-state index contributed by atoms with van der Waals surface area (Å²) in [7, 11) is 0. The van der Waals surface area contributed by atoms with Gasteiger partial charge >= 0.3 is 6.03 Å². The number of urea groups is 1. The third-order valence-electron chi connectivity index (χ3n) is 3.18. The molecule has 1 aliphatic rings. The Bertz CT molecular complexity index is 601. The highest BCUT2D eigenvalue weighted by atomic mass is 16.5. The van der Waals surface area contributed by atoms with Crippen LogP contribution in [0.3, 0.4) is 0 Å². The highest BCUT2D eigenvalue weighted by molar-refractivity contribution is 5.89. The average Bonchev–Trinajstić information content (AvgIpc) is 2.48. The minimum atomic E-state index is -0.236. The number of pyridine rings is 1. The molecule has 2 aromatic rings. The number of rotatable bonds is 2. The lowest BCUT2D eigenvalue weighted by atomic mass is 10.0. The van der Waals surface area contributed by atoms with Crippen molar-refractivity contribution in [2.45, 2.75) is 12.5 Å². The first kappa shape index (κ1) is 12.5. The van der Waals surface area contributed by atoms with E-state index in [1.807, 2.05) is 24.3 Å². The van der Waals surface area contributed by atoms with Crippen LogP contribution in [0.4, 0.5) is 10.5 Å². The van der Waals surface area contributed by atoms with Gasteiger partial charge in [-0.25, -0.2) is 4.79 Å². The van der Waals surface area contributed by atoms with Crippen LogP contribution in [0, 0.1) is 0 Å². The zero-order chi connectivity index (χ0) is 13.8. The Kier molecular flexibility index (Phi) is 3.50. The third-order valence-corrected chi connectivity index (χ3v) is 3.18. The molecule has 0 aliphatic carbocycles. The molecule has 0 bridgehead atoms. The smallest absolute Gasteiger partial charge is 0.319 e. The van der Waals surface area contributed by atoms with Crippen molar-refractivity contribution >= 4 is 11.7 Å². The van der Waals surface area contributed by atoms with Crippen molar-refractivity contribution in [3.05, 3.63) is 54.4 Å². The van der Waals surface area contributed by atoms with E-state index in [0.29, 0.717) is 12.3 Å². The standard InChI is InChI=1S/C15H15N3O2/c19-15(17-11-4-3-8-16-10-11)18-13-7-9-20-14-6-2-1-5-12(13)14/h1-6,8,10,13H,7,9H2,(H2,17,18,19)/t13-/m0/s1. The zero-order valence-corrected chi connectivity index (χ0v) is 10.9. The molecule has 0 saturated carbocycles. The van der Waals surface area contributed by atoms with Crippen LogP contribution in [0.25, 0.3) is 0 Å². The monoisotopic (exact) mass is 269 g/mol. The number of aromatic nitrogens is 1. The SMILES string of the molecule is O=C(Nc1cccnc1)N[C@H]1CCOc2ccccc21. The van der Waals surface area contributed by atoms with Gasteiger partial charge in [-0.1, -0.05) is 18.2 Å². The van der Waals surface area contributed by atoms with Gasteiger partial charge in [0, 0.05) is 18.2 Å². The van der Waals surface area contributed by atoms with E-state index in [0.717, 1.165) is 17.7 Å². The second-order valence-electron chi connectivity index (χ2n) is 4.57. The lowest BCUT2D eigenvalue weighted by Gasteiger charge is -2.26. The summed E-state index contributed by atoms with van der Waals surface area (Å²) in [6, 6.07) is 11.1. The van der Waals surface area contributed by atoms with Gasteiger partial charge in [-0.2, -0.15) is 0 Å². The predicted octanol–water partition coefficient (Wildman–Crippen LogP) is 2.73. The van der Waals surface area contributed by atoms with E-state index in [4.69, 9.17) is 4.74 Å². The van der Waals surface area contributed by atoms with E-state index in [9.17, 15) is 4.79 Å². The predicted molar refractivity (Wildman–Crippen MR) is 75.7 cm³/mol. The second-order valence-corrected chi connectivity index (χ2v) is 4.57. The summed E-state index contributed by atoms with van der Waals surface area (Å²) < 4.78 is 5.57. The molecule has 102 valence electrons. The van der Waals surface area contributed by atoms with Crippen molar-refractivity contribution in [2.24, 2.45) is 0 Å². The molecule has 3 rings (SSSR count). The Balaban J connectivity index is 1.68. The van der Waals surface area contributed by atoms with Gasteiger partial charge in [0.25, 0.3) is 0 Å². The molecule has 5 heteroatoms. The summed E-state index contributed by atoms with van der Waals surface area (Å²) >= 11 is 0. The van der Waals surface area contributed by atoms with Gasteiger partial charge in [0.05, 0.1) is 24.5 Å². The summed E-state index contributed by atoms with van der Waals surface area (Å²) in [5.41, 5.74) is 1.69. The average molecular weight is 269 g/mol. The summed E-state index contributed by atoms with van der Waals surface area (Å²) in [6.45, 7) is 0.606. The van der Waals surface area contributed by atoms with Gasteiger partial charge in [-0.3, -0.25) is 4.98 Å². The number of carbonyl (C=O) groups excluding carboxylic acids is 1. The number of benzene rings is 1. The Morgan fingerprint density at radius 3 is 3.00 bits per heavy atom. The van der Waals surface area contributed by atoms with Gasteiger partial charge in [0.15, 0.2) is 0 Å². The first-order valence-corrected chi connectivity index (χ1v) is 6.52. The number of ether oxygens (including phenoxy) is 1. The molecular weight excluding hydrogens is 254 g/mol. The van der Waals surface area contributed by atoms with Crippen LogP contribution in [0.5, 0.6) is 5.75 Å². The molecular formula is C15H15N3O2. The lowest BCUT2D eigenvalue weighted by Crippen LogP contribution is -2.35. The van der Waals surface area contributed by atoms with Crippen LogP contribution in [0.2, 0.25) is 0 Å². The molecule has 0 saturated heterocycles. The maximum Gasteiger partial charge on any atom is 0.319 e. The number of nitrogens with zero attached hydrogens (tertiary/aromatic N) is 1. The minimum absolute atomic E-state index is 0.0309. The highest BCUT2D eigenvalue weighted by Crippen LogP contribution is 2.31. The van der Waals surface area contributed by atoms with Crippen molar-refractivity contribution in [3.63, 3.8) is 0 Å². The van der Waals surface area contributed by atoms with Gasteiger partial charge < -0.3 is 15.4 Å². The molecule has 1 aromatic heterocycles. The maximum absolute atomic E-state index is 12.0. The van der Waals surface area contributed by atoms with Crippen molar-refractivity contribution in [3.8, 4) is 5.75 Å². The first-order valence-electron chi connectivity index (χ1n) is 6.52. The first-order chi connectivity index (χ1) is 9.83. The Labute approximate surface area is 117 Å². The minimum Gasteiger partial charge on any atom is -0.493 e. The van der Waals surface area contributed by atoms with Crippen molar-refractivity contribution in [2.75, 3.05) is 11.9 Å². The molecule has 20 heavy (non-hydrogen) atoms. The van der Waals surface area contributed by atoms with E-state index in [1.54, 1.807) is 24.5 Å². The molecule has 0 fully saturated rings. The van der Waals surface area contributed by atoms with Crippen LogP contribution < -0.4 is 15.4 Å². The normalized spacial score (nSPS) is 16.7. The molecule has 1 atom stereocenters. The lowest BCUT2D eigenvalue weighted by molar-refractivity contribution is 0.232. The Hall–Kier alpha value is -2.56. The fourth-order valence-corrected chi connectivity index (χ4v) is 2.25. The van der Waals surface area contributed by atoms with Crippen LogP contribution in [-0.2, 0) is 0 Å². The Morgan fingerprint density at radius 2 is 2.15 bits per heavy atom. The number of fused-ring (bicyclic) bond motifs is 1. The van der Waals surface area contributed by atoms with Crippen LogP contribution in [-0.4, -0.2) is 17.6 Å². The Morgan fingerprint density at radius 1 is 1.25 bits per heavy atom. The maximum atomic E-state index is 12.0. The number of hydrogen-bond acceptors (Lipinski definition) is 3. The topological polar surface area (TPSA) is 63.2 Å². The molecule has 1 aromatic carbocycles. The second kappa shape index (κ2) is 5.61. The van der Waals surface area contributed by atoms with Crippen LogP contribution in [0.15, 0.2) is 48.8 Å². The number of carbonyl (C=O) groups is 1. The molecule has 0 radical (unpaired) electrons. The summed E-state index contributed by atoms with van der Waals surface area (Å²) in [6.07, 6.45) is 4.03. The largest absolute Gasteiger partial charge is 0.493 e. The van der Waals surface area contributed by atoms with E-state index in [2.05, 4.69) is 15.6 Å². The summed E-state index contributed by atoms with van der Waals surface area (Å²) in [5, 5.41) is 5.73. The summed E-state index contributed by atoms with van der Waals surface area (Å²) in [4.78, 5) is 16.0. The van der Waals surface area contributed by atoms with Gasteiger partial charge in [0.2, 0.25) is 0 Å². The van der Waals surface area contributed by atoms with Crippen molar-refractivity contribution in [1.29, 1.82) is 0 Å². The fourth-order valence-electron chi connectivity index (χ4n) is 2.25. The van der Waals surface area contributed by atoms with Crippen molar-refractivity contribution < 1.29 is 9.53 Å². The molecule has 0 unspecified atom stereocenters. The quantitative estimate of drug-likeness (QED) is 0.881. The molecule has 2 heterocycles. The molecule has 1 aliphatic heterocycles. The molecule has 5 nitrogen and oxygen atoms in total. The summed E-state index contributed by atoms with van der Waals surface area (Å²) in [5.74, 6) is 0.838. The third kappa shape index (κ3) is 2.71. The van der Waals surface area contributed by atoms with Crippen molar-refractivity contribution in [1.82, 2.24) is 10.3 Å². The zero-order valence-electron chi connectivity index (χ0n) is 10.9. The highest BCUT2D eigenvalue weighted by Gasteiger charge is 2.22. The van der Waals surface area contributed by atoms with E-state index in [-0.39, 0.29) is 12.1 Å². The van der Waals surface area contributed by atoms with E-state index in [1.165, 1.54) is 0 Å². The van der Waals surface area contributed by atoms with Gasteiger partial charge in [-0.15, -0.1) is 0 Å². The number of hydrogen-bond donors (Lipinski definition) is 2. The number of amides is 2. The molecule has 2 amide bonds. The number of anilines is 1. The van der Waals surface area contributed by atoms with Gasteiger partial charge in [-0.05, 0) is 18.2 Å². The molecule has 2 N–H and O–H groups in total. The number of para-hydroxylation sites is 1.